The maximum absolute atomic E-state index is 5.82. The Morgan fingerprint density at radius 2 is 1.93 bits per heavy atom. The first-order valence-corrected chi connectivity index (χ1v) is 6.07. The minimum absolute atomic E-state index is 0.454. The zero-order valence-electron chi connectivity index (χ0n) is 9.30. The minimum Gasteiger partial charge on any atom is -0.380 e. The number of hydrogen-bond donors (Lipinski definition) is 1. The smallest absolute Gasteiger partial charge is 0.0550 e. The molecule has 1 atom stereocenters. The van der Waals surface area contributed by atoms with Gasteiger partial charge < -0.3 is 10.5 Å². The van der Waals surface area contributed by atoms with Gasteiger partial charge in [0.2, 0.25) is 0 Å². The van der Waals surface area contributed by atoms with Crippen molar-refractivity contribution in [2.24, 2.45) is 23.0 Å². The molecule has 1 aliphatic heterocycles. The first kappa shape index (κ1) is 10.4. The van der Waals surface area contributed by atoms with Crippen molar-refractivity contribution >= 4 is 0 Å². The van der Waals surface area contributed by atoms with Crippen LogP contribution in [0.2, 0.25) is 0 Å². The largest absolute Gasteiger partial charge is 0.380 e. The van der Waals surface area contributed by atoms with Crippen molar-refractivity contribution in [3.63, 3.8) is 0 Å². The molecular weight excluding hydrogens is 174 g/mol. The quantitative estimate of drug-likeness (QED) is 0.752. The van der Waals surface area contributed by atoms with Gasteiger partial charge in [-0.2, -0.15) is 0 Å². The highest BCUT2D eigenvalue weighted by Crippen LogP contribution is 2.48. The van der Waals surface area contributed by atoms with Gasteiger partial charge in [0.05, 0.1) is 13.2 Å². The standard InChI is InChI=1S/C12H23NO/c1-10(7-13)12(8-14-9-12)11-5-3-2-4-6-11/h10-11H,2-9,13H2,1H3. The molecule has 1 saturated heterocycles. The molecule has 1 aliphatic carbocycles. The second kappa shape index (κ2) is 4.19. The van der Waals surface area contributed by atoms with E-state index in [0.717, 1.165) is 25.7 Å². The highest BCUT2D eigenvalue weighted by atomic mass is 16.5. The number of hydrogen-bond acceptors (Lipinski definition) is 2. The Balaban J connectivity index is 2.02. The molecule has 0 amide bonds. The van der Waals surface area contributed by atoms with Crippen LogP contribution in [0, 0.1) is 17.3 Å². The molecule has 2 rings (SSSR count). The lowest BCUT2D eigenvalue weighted by Crippen LogP contribution is -2.55. The highest BCUT2D eigenvalue weighted by Gasteiger charge is 2.48. The highest BCUT2D eigenvalue weighted by molar-refractivity contribution is 4.96. The number of nitrogens with two attached hydrogens (primary N) is 1. The van der Waals surface area contributed by atoms with Crippen molar-refractivity contribution in [1.82, 2.24) is 0 Å². The topological polar surface area (TPSA) is 35.2 Å². The van der Waals surface area contributed by atoms with E-state index in [0.29, 0.717) is 11.3 Å². The summed E-state index contributed by atoms with van der Waals surface area (Å²) in [5.41, 5.74) is 6.27. The molecule has 2 nitrogen and oxygen atoms in total. The van der Waals surface area contributed by atoms with Crippen LogP contribution in [0.5, 0.6) is 0 Å². The van der Waals surface area contributed by atoms with Crippen LogP contribution in [-0.4, -0.2) is 19.8 Å². The number of rotatable bonds is 3. The van der Waals surface area contributed by atoms with Crippen LogP contribution in [0.25, 0.3) is 0 Å². The summed E-state index contributed by atoms with van der Waals surface area (Å²) in [6.07, 6.45) is 7.10. The minimum atomic E-state index is 0.454. The van der Waals surface area contributed by atoms with E-state index in [1.54, 1.807) is 0 Å². The summed E-state index contributed by atoms with van der Waals surface area (Å²) < 4.78 is 5.46. The predicted molar refractivity (Wildman–Crippen MR) is 58.0 cm³/mol. The lowest BCUT2D eigenvalue weighted by molar-refractivity contribution is -0.179. The van der Waals surface area contributed by atoms with Gasteiger partial charge in [0.1, 0.15) is 0 Å². The fourth-order valence-electron chi connectivity index (χ4n) is 3.17. The molecule has 0 aromatic rings. The zero-order valence-corrected chi connectivity index (χ0v) is 9.30. The van der Waals surface area contributed by atoms with Crippen LogP contribution >= 0.6 is 0 Å². The Labute approximate surface area is 87.2 Å². The van der Waals surface area contributed by atoms with E-state index < -0.39 is 0 Å². The van der Waals surface area contributed by atoms with Crippen molar-refractivity contribution in [3.8, 4) is 0 Å². The van der Waals surface area contributed by atoms with Gasteiger partial charge in [0, 0.05) is 5.41 Å². The van der Waals surface area contributed by atoms with E-state index >= 15 is 0 Å². The number of ether oxygens (including phenoxy) is 1. The molecule has 14 heavy (non-hydrogen) atoms. The third-order valence-corrected chi connectivity index (χ3v) is 4.49. The van der Waals surface area contributed by atoms with Crippen molar-refractivity contribution in [2.75, 3.05) is 19.8 Å². The molecular formula is C12H23NO. The Morgan fingerprint density at radius 1 is 1.29 bits per heavy atom. The molecule has 2 aliphatic rings. The van der Waals surface area contributed by atoms with Gasteiger partial charge in [0.25, 0.3) is 0 Å². The van der Waals surface area contributed by atoms with Crippen molar-refractivity contribution in [1.29, 1.82) is 0 Å². The summed E-state index contributed by atoms with van der Waals surface area (Å²) >= 11 is 0. The fourth-order valence-corrected chi connectivity index (χ4v) is 3.17. The van der Waals surface area contributed by atoms with E-state index in [1.165, 1.54) is 32.1 Å². The van der Waals surface area contributed by atoms with E-state index in [1.807, 2.05) is 0 Å². The van der Waals surface area contributed by atoms with Gasteiger partial charge >= 0.3 is 0 Å². The summed E-state index contributed by atoms with van der Waals surface area (Å²) in [6.45, 7) is 5.06. The first-order valence-electron chi connectivity index (χ1n) is 6.07. The molecule has 2 heteroatoms. The third kappa shape index (κ3) is 1.59. The average molecular weight is 197 g/mol. The van der Waals surface area contributed by atoms with E-state index in [-0.39, 0.29) is 0 Å². The predicted octanol–water partition coefficient (Wildman–Crippen LogP) is 2.18. The van der Waals surface area contributed by atoms with Crippen molar-refractivity contribution in [3.05, 3.63) is 0 Å². The Morgan fingerprint density at radius 3 is 2.36 bits per heavy atom. The van der Waals surface area contributed by atoms with Crippen LogP contribution in [0.3, 0.4) is 0 Å². The Kier molecular flexibility index (Phi) is 3.13. The van der Waals surface area contributed by atoms with Crippen LogP contribution in [0.15, 0.2) is 0 Å². The van der Waals surface area contributed by atoms with Crippen LogP contribution in [0.4, 0.5) is 0 Å². The van der Waals surface area contributed by atoms with Crippen molar-refractivity contribution < 1.29 is 4.74 Å². The molecule has 2 fully saturated rings. The summed E-state index contributed by atoms with van der Waals surface area (Å²) in [7, 11) is 0. The molecule has 0 spiro atoms. The van der Waals surface area contributed by atoms with Gasteiger partial charge in [-0.05, 0) is 31.2 Å². The van der Waals surface area contributed by atoms with Gasteiger partial charge in [-0.25, -0.2) is 0 Å². The average Bonchev–Trinajstić information content (AvgIpc) is 2.17. The van der Waals surface area contributed by atoms with Crippen LogP contribution in [0.1, 0.15) is 39.0 Å². The van der Waals surface area contributed by atoms with E-state index in [4.69, 9.17) is 10.5 Å². The first-order chi connectivity index (χ1) is 6.79. The molecule has 0 aromatic heterocycles. The van der Waals surface area contributed by atoms with Crippen LogP contribution < -0.4 is 5.73 Å². The summed E-state index contributed by atoms with van der Waals surface area (Å²) in [5.74, 6) is 1.53. The lowest BCUT2D eigenvalue weighted by Gasteiger charge is -2.52. The molecule has 1 unspecified atom stereocenters. The molecule has 1 saturated carbocycles. The summed E-state index contributed by atoms with van der Waals surface area (Å²) in [4.78, 5) is 0. The molecule has 0 radical (unpaired) electrons. The second-order valence-electron chi connectivity index (χ2n) is 5.20. The van der Waals surface area contributed by atoms with Gasteiger partial charge in [0.15, 0.2) is 0 Å². The molecule has 0 bridgehead atoms. The van der Waals surface area contributed by atoms with Crippen molar-refractivity contribution in [2.45, 2.75) is 39.0 Å². The van der Waals surface area contributed by atoms with E-state index in [9.17, 15) is 0 Å². The molecule has 0 aromatic carbocycles. The third-order valence-electron chi connectivity index (χ3n) is 4.49. The van der Waals surface area contributed by atoms with Gasteiger partial charge in [-0.15, -0.1) is 0 Å². The fraction of sp³-hybridized carbons (Fsp3) is 1.00. The lowest BCUT2D eigenvalue weighted by atomic mass is 9.61. The van der Waals surface area contributed by atoms with Crippen LogP contribution in [-0.2, 0) is 4.74 Å². The van der Waals surface area contributed by atoms with Gasteiger partial charge in [-0.1, -0.05) is 26.2 Å². The van der Waals surface area contributed by atoms with E-state index in [2.05, 4.69) is 6.92 Å². The monoisotopic (exact) mass is 197 g/mol. The maximum atomic E-state index is 5.82. The second-order valence-corrected chi connectivity index (χ2v) is 5.20. The molecule has 82 valence electrons. The molecule has 2 N–H and O–H groups in total. The Hall–Kier alpha value is -0.0800. The normalized spacial score (nSPS) is 29.6. The molecule has 1 heterocycles. The summed E-state index contributed by atoms with van der Waals surface area (Å²) in [5, 5.41) is 0. The maximum Gasteiger partial charge on any atom is 0.0550 e. The SMILES string of the molecule is CC(CN)C1(C2CCCCC2)COC1. The van der Waals surface area contributed by atoms with Gasteiger partial charge in [-0.3, -0.25) is 0 Å². The Bertz CT molecular complexity index is 183. The zero-order chi connectivity index (χ0) is 10.0. The summed E-state index contributed by atoms with van der Waals surface area (Å²) in [6, 6.07) is 0.